The molecule has 2 aromatic rings. The van der Waals surface area contributed by atoms with Gasteiger partial charge in [-0.05, 0) is 25.2 Å². The van der Waals surface area contributed by atoms with Crippen LogP contribution >= 0.6 is 0 Å². The maximum absolute atomic E-state index is 12.5. The van der Waals surface area contributed by atoms with Gasteiger partial charge in [-0.25, -0.2) is 4.52 Å². The third-order valence-electron chi connectivity index (χ3n) is 3.94. The molecule has 6 nitrogen and oxygen atoms in total. The lowest BCUT2D eigenvalue weighted by Crippen LogP contribution is -2.23. The van der Waals surface area contributed by atoms with Gasteiger partial charge >= 0.3 is 5.97 Å². The predicted octanol–water partition coefficient (Wildman–Crippen LogP) is 1.10. The first-order valence-corrected chi connectivity index (χ1v) is 6.87. The van der Waals surface area contributed by atoms with Crippen LogP contribution in [-0.4, -0.2) is 25.3 Å². The number of aromatic nitrogens is 3. The van der Waals surface area contributed by atoms with Crippen molar-refractivity contribution >= 4 is 11.5 Å². The van der Waals surface area contributed by atoms with Crippen LogP contribution < -0.4 is 5.56 Å². The lowest BCUT2D eigenvalue weighted by Gasteiger charge is -2.16. The van der Waals surface area contributed by atoms with Gasteiger partial charge < -0.3 is 9.67 Å². The Morgan fingerprint density at radius 3 is 3.05 bits per heavy atom. The Morgan fingerprint density at radius 2 is 2.30 bits per heavy atom. The second kappa shape index (κ2) is 4.77. The quantitative estimate of drug-likeness (QED) is 0.910. The smallest absolute Gasteiger partial charge is 0.305 e. The van der Waals surface area contributed by atoms with Crippen LogP contribution in [0.4, 0.5) is 0 Å². The molecule has 0 saturated carbocycles. The standard InChI is InChI=1S/C14H17N3O3/c1-9-2-3-11-10(8-9)13-14(20)16(5-4-12(18)19)6-7-17(13)15-11/h6-7,9H,2-5,8H2,1H3,(H,18,19)/t9-/m1/s1. The Kier molecular flexibility index (Phi) is 3.08. The van der Waals surface area contributed by atoms with Crippen LogP contribution in [0.1, 0.15) is 31.0 Å². The number of fused-ring (bicyclic) bond motifs is 3. The number of carboxylic acid groups (broad SMARTS) is 1. The topological polar surface area (TPSA) is 76.6 Å². The molecule has 0 aromatic carbocycles. The summed E-state index contributed by atoms with van der Waals surface area (Å²) in [6, 6.07) is 0. The summed E-state index contributed by atoms with van der Waals surface area (Å²) in [6.45, 7) is 2.37. The Bertz CT molecular complexity index is 729. The third-order valence-corrected chi connectivity index (χ3v) is 3.94. The number of carboxylic acids is 1. The van der Waals surface area contributed by atoms with Crippen molar-refractivity contribution in [3.8, 4) is 0 Å². The van der Waals surface area contributed by atoms with E-state index in [1.165, 1.54) is 4.57 Å². The zero-order chi connectivity index (χ0) is 14.3. The Balaban J connectivity index is 2.09. The zero-order valence-corrected chi connectivity index (χ0v) is 11.4. The van der Waals surface area contributed by atoms with Gasteiger partial charge in [0.2, 0.25) is 0 Å². The summed E-state index contributed by atoms with van der Waals surface area (Å²) in [5.74, 6) is -0.344. The van der Waals surface area contributed by atoms with E-state index in [1.807, 2.05) is 0 Å². The molecule has 0 unspecified atom stereocenters. The van der Waals surface area contributed by atoms with Gasteiger partial charge in [0.1, 0.15) is 5.52 Å². The molecule has 0 amide bonds. The fourth-order valence-corrected chi connectivity index (χ4v) is 2.84. The van der Waals surface area contributed by atoms with E-state index in [1.54, 1.807) is 16.9 Å². The predicted molar refractivity (Wildman–Crippen MR) is 72.9 cm³/mol. The van der Waals surface area contributed by atoms with Crippen LogP contribution in [-0.2, 0) is 24.2 Å². The molecule has 0 saturated heterocycles. The highest BCUT2D eigenvalue weighted by Crippen LogP contribution is 2.26. The van der Waals surface area contributed by atoms with E-state index < -0.39 is 5.97 Å². The molecule has 106 valence electrons. The molecule has 1 aliphatic carbocycles. The number of rotatable bonds is 3. The van der Waals surface area contributed by atoms with Crippen molar-refractivity contribution in [1.82, 2.24) is 14.2 Å². The molecule has 1 atom stereocenters. The molecule has 20 heavy (non-hydrogen) atoms. The Hall–Kier alpha value is -2.11. The molecule has 0 fully saturated rings. The minimum absolute atomic E-state index is 0.0528. The van der Waals surface area contributed by atoms with Crippen LogP contribution in [0.3, 0.4) is 0 Å². The fourth-order valence-electron chi connectivity index (χ4n) is 2.84. The number of hydrogen-bond donors (Lipinski definition) is 1. The highest BCUT2D eigenvalue weighted by atomic mass is 16.4. The van der Waals surface area contributed by atoms with Crippen LogP contribution in [0.5, 0.6) is 0 Å². The van der Waals surface area contributed by atoms with Crippen LogP contribution in [0, 0.1) is 5.92 Å². The molecule has 3 rings (SSSR count). The van der Waals surface area contributed by atoms with E-state index in [2.05, 4.69) is 12.0 Å². The SMILES string of the molecule is C[C@@H]1CCc2nn3ccn(CCC(=O)O)c(=O)c3c2C1. The highest BCUT2D eigenvalue weighted by Gasteiger charge is 2.23. The summed E-state index contributed by atoms with van der Waals surface area (Å²) >= 11 is 0. The van der Waals surface area contributed by atoms with Crippen molar-refractivity contribution in [2.24, 2.45) is 5.92 Å². The van der Waals surface area contributed by atoms with Crippen molar-refractivity contribution in [1.29, 1.82) is 0 Å². The molecule has 1 aliphatic rings. The number of nitrogens with zero attached hydrogens (tertiary/aromatic N) is 3. The van der Waals surface area contributed by atoms with E-state index in [-0.39, 0.29) is 18.5 Å². The first kappa shape index (κ1) is 12.9. The summed E-state index contributed by atoms with van der Waals surface area (Å²) in [5.41, 5.74) is 2.52. The first-order valence-electron chi connectivity index (χ1n) is 6.87. The molecule has 0 bridgehead atoms. The summed E-state index contributed by atoms with van der Waals surface area (Å²) in [4.78, 5) is 23.1. The van der Waals surface area contributed by atoms with E-state index in [0.29, 0.717) is 11.4 Å². The summed E-state index contributed by atoms with van der Waals surface area (Å²) < 4.78 is 3.10. The minimum Gasteiger partial charge on any atom is -0.481 e. The van der Waals surface area contributed by atoms with Gasteiger partial charge in [0.15, 0.2) is 0 Å². The molecule has 0 aliphatic heterocycles. The van der Waals surface area contributed by atoms with Gasteiger partial charge in [-0.3, -0.25) is 9.59 Å². The van der Waals surface area contributed by atoms with Gasteiger partial charge in [-0.2, -0.15) is 5.10 Å². The van der Waals surface area contributed by atoms with E-state index in [9.17, 15) is 9.59 Å². The van der Waals surface area contributed by atoms with Gasteiger partial charge in [0.25, 0.3) is 5.56 Å². The molecular formula is C14H17N3O3. The number of carbonyl (C=O) groups is 1. The Labute approximate surface area is 115 Å². The number of aliphatic carboxylic acids is 1. The van der Waals surface area contributed by atoms with Gasteiger partial charge in [0, 0.05) is 24.5 Å². The van der Waals surface area contributed by atoms with Gasteiger partial charge in [-0.1, -0.05) is 6.92 Å². The molecule has 1 N–H and O–H groups in total. The van der Waals surface area contributed by atoms with Gasteiger partial charge in [0.05, 0.1) is 12.1 Å². The molecule has 2 aromatic heterocycles. The molecular weight excluding hydrogens is 258 g/mol. The van der Waals surface area contributed by atoms with Crippen LogP contribution in [0.15, 0.2) is 17.2 Å². The van der Waals surface area contributed by atoms with Crippen molar-refractivity contribution in [3.63, 3.8) is 0 Å². The van der Waals surface area contributed by atoms with Crippen molar-refractivity contribution in [2.75, 3.05) is 0 Å². The lowest BCUT2D eigenvalue weighted by molar-refractivity contribution is -0.137. The van der Waals surface area contributed by atoms with Crippen molar-refractivity contribution in [2.45, 2.75) is 39.2 Å². The monoisotopic (exact) mass is 275 g/mol. The Morgan fingerprint density at radius 1 is 1.50 bits per heavy atom. The zero-order valence-electron chi connectivity index (χ0n) is 11.4. The van der Waals surface area contributed by atoms with Crippen molar-refractivity contribution in [3.05, 3.63) is 34.0 Å². The van der Waals surface area contributed by atoms with Crippen LogP contribution in [0.25, 0.3) is 5.52 Å². The van der Waals surface area contributed by atoms with E-state index >= 15 is 0 Å². The summed E-state index contributed by atoms with van der Waals surface area (Å²) in [7, 11) is 0. The van der Waals surface area contributed by atoms with Crippen LogP contribution in [0.2, 0.25) is 0 Å². The number of aryl methyl sites for hydroxylation is 2. The summed E-state index contributed by atoms with van der Waals surface area (Å²) in [5, 5.41) is 13.2. The largest absolute Gasteiger partial charge is 0.481 e. The van der Waals surface area contributed by atoms with E-state index in [4.69, 9.17) is 5.11 Å². The van der Waals surface area contributed by atoms with Gasteiger partial charge in [-0.15, -0.1) is 0 Å². The average Bonchev–Trinajstić information content (AvgIpc) is 2.76. The number of hydrogen-bond acceptors (Lipinski definition) is 3. The summed E-state index contributed by atoms with van der Waals surface area (Å²) in [6.07, 6.45) is 6.18. The fraction of sp³-hybridized carbons (Fsp3) is 0.500. The molecule has 2 heterocycles. The maximum Gasteiger partial charge on any atom is 0.305 e. The molecule has 0 radical (unpaired) electrons. The lowest BCUT2D eigenvalue weighted by atomic mass is 9.88. The first-order chi connectivity index (χ1) is 9.56. The van der Waals surface area contributed by atoms with Crippen molar-refractivity contribution < 1.29 is 9.90 Å². The maximum atomic E-state index is 12.5. The second-order valence-electron chi connectivity index (χ2n) is 5.51. The van der Waals surface area contributed by atoms with E-state index in [0.717, 1.165) is 30.5 Å². The molecule has 0 spiro atoms. The average molecular weight is 275 g/mol. The third kappa shape index (κ3) is 2.11. The highest BCUT2D eigenvalue weighted by molar-refractivity contribution is 5.66. The molecule has 6 heteroatoms. The normalized spacial score (nSPS) is 18.1. The second-order valence-corrected chi connectivity index (χ2v) is 5.51. The minimum atomic E-state index is -0.902.